The highest BCUT2D eigenvalue weighted by Crippen LogP contribution is 2.29. The van der Waals surface area contributed by atoms with Crippen LogP contribution < -0.4 is 4.74 Å². The highest BCUT2D eigenvalue weighted by atomic mass is 35.5. The molecule has 4 rings (SSSR count). The van der Waals surface area contributed by atoms with Crippen LogP contribution in [0.25, 0.3) is 6.08 Å². The number of ether oxygens (including phenoxy) is 1. The zero-order valence-corrected chi connectivity index (χ0v) is 16.7. The Morgan fingerprint density at radius 1 is 0.931 bits per heavy atom. The van der Waals surface area contributed by atoms with E-state index in [1.54, 1.807) is 24.3 Å². The third kappa shape index (κ3) is 4.50. The molecule has 0 amide bonds. The van der Waals surface area contributed by atoms with E-state index in [-0.39, 0.29) is 0 Å². The van der Waals surface area contributed by atoms with Gasteiger partial charge in [-0.2, -0.15) is 0 Å². The van der Waals surface area contributed by atoms with E-state index >= 15 is 0 Å². The van der Waals surface area contributed by atoms with Crippen molar-refractivity contribution in [2.75, 3.05) is 0 Å². The summed E-state index contributed by atoms with van der Waals surface area (Å²) in [6.45, 7) is 0.346. The summed E-state index contributed by atoms with van der Waals surface area (Å²) in [4.78, 5) is 17.2. The van der Waals surface area contributed by atoms with Gasteiger partial charge in [0.2, 0.25) is 0 Å². The summed E-state index contributed by atoms with van der Waals surface area (Å²) in [7, 11) is 0. The van der Waals surface area contributed by atoms with Gasteiger partial charge >= 0.3 is 5.97 Å². The number of hydrogen-bond donors (Lipinski definition) is 0. The van der Waals surface area contributed by atoms with Crippen LogP contribution in [0.5, 0.6) is 5.75 Å². The number of oxime groups is 1. The highest BCUT2D eigenvalue weighted by molar-refractivity contribution is 6.32. The van der Waals surface area contributed by atoms with Crippen molar-refractivity contribution in [2.24, 2.45) is 5.16 Å². The highest BCUT2D eigenvalue weighted by Gasteiger charge is 2.27. The number of carbonyl (C=O) groups is 1. The smallest absolute Gasteiger partial charge is 0.368 e. The second-order valence-corrected chi connectivity index (χ2v) is 7.21. The molecule has 0 atom stereocenters. The second-order valence-electron chi connectivity index (χ2n) is 6.34. The van der Waals surface area contributed by atoms with Gasteiger partial charge in [-0.05, 0) is 42.0 Å². The molecule has 0 radical (unpaired) electrons. The van der Waals surface area contributed by atoms with E-state index in [1.165, 1.54) is 0 Å². The maximum atomic E-state index is 12.3. The Bertz CT molecular complexity index is 1110. The average molecular weight is 424 g/mol. The Kier molecular flexibility index (Phi) is 5.65. The molecule has 1 aliphatic heterocycles. The zero-order chi connectivity index (χ0) is 20.2. The summed E-state index contributed by atoms with van der Waals surface area (Å²) in [6, 6.07) is 22.0. The van der Waals surface area contributed by atoms with E-state index in [0.29, 0.717) is 39.2 Å². The molecule has 3 aromatic rings. The molecule has 4 nitrogen and oxygen atoms in total. The van der Waals surface area contributed by atoms with E-state index in [4.69, 9.17) is 32.8 Å². The second kappa shape index (κ2) is 8.52. The van der Waals surface area contributed by atoms with Crippen LogP contribution in [0.2, 0.25) is 10.0 Å². The van der Waals surface area contributed by atoms with Crippen molar-refractivity contribution >= 4 is 41.0 Å². The van der Waals surface area contributed by atoms with Crippen molar-refractivity contribution < 1.29 is 14.4 Å². The van der Waals surface area contributed by atoms with Gasteiger partial charge in [0.1, 0.15) is 18.1 Å². The average Bonchev–Trinajstić information content (AvgIpc) is 3.10. The summed E-state index contributed by atoms with van der Waals surface area (Å²) in [5.41, 5.74) is 3.23. The number of hydrogen-bond acceptors (Lipinski definition) is 4. The molecule has 0 bridgehead atoms. The molecule has 0 aliphatic carbocycles. The SMILES string of the molecule is O=C1ON=C(c2ccccc2)/C1=C/c1cc(Cl)ccc1OCc1ccc(Cl)cc1. The van der Waals surface area contributed by atoms with Crippen LogP contribution in [0.3, 0.4) is 0 Å². The molecule has 144 valence electrons. The van der Waals surface area contributed by atoms with Gasteiger partial charge in [-0.25, -0.2) is 4.79 Å². The molecule has 6 heteroatoms. The lowest BCUT2D eigenvalue weighted by Gasteiger charge is -2.11. The van der Waals surface area contributed by atoms with Crippen LogP contribution in [0.4, 0.5) is 0 Å². The third-order valence-electron chi connectivity index (χ3n) is 4.32. The first-order valence-electron chi connectivity index (χ1n) is 8.84. The zero-order valence-electron chi connectivity index (χ0n) is 15.1. The minimum Gasteiger partial charge on any atom is -0.488 e. The first-order valence-corrected chi connectivity index (χ1v) is 9.59. The van der Waals surface area contributed by atoms with Gasteiger partial charge in [-0.15, -0.1) is 0 Å². The van der Waals surface area contributed by atoms with Crippen LogP contribution >= 0.6 is 23.2 Å². The molecule has 0 saturated carbocycles. The predicted molar refractivity (Wildman–Crippen MR) is 114 cm³/mol. The normalized spacial score (nSPS) is 14.6. The summed E-state index contributed by atoms with van der Waals surface area (Å²) in [6.07, 6.45) is 1.68. The molecular weight excluding hydrogens is 409 g/mol. The van der Waals surface area contributed by atoms with Crippen LogP contribution in [0, 0.1) is 0 Å². The summed E-state index contributed by atoms with van der Waals surface area (Å²) < 4.78 is 5.97. The Morgan fingerprint density at radius 3 is 2.41 bits per heavy atom. The van der Waals surface area contributed by atoms with Crippen LogP contribution in [0.1, 0.15) is 16.7 Å². The molecule has 0 fully saturated rings. The van der Waals surface area contributed by atoms with Crippen molar-refractivity contribution in [1.82, 2.24) is 0 Å². The van der Waals surface area contributed by atoms with E-state index in [1.807, 2.05) is 54.6 Å². The van der Waals surface area contributed by atoms with E-state index in [9.17, 15) is 4.79 Å². The quantitative estimate of drug-likeness (QED) is 0.378. The number of rotatable bonds is 5. The number of halogens is 2. The minimum atomic E-state index is -0.521. The first kappa shape index (κ1) is 19.2. The molecule has 0 unspecified atom stereocenters. The van der Waals surface area contributed by atoms with Gasteiger partial charge in [-0.3, -0.25) is 0 Å². The van der Waals surface area contributed by atoms with Crippen molar-refractivity contribution in [3.8, 4) is 5.75 Å². The van der Waals surface area contributed by atoms with Crippen molar-refractivity contribution in [1.29, 1.82) is 0 Å². The maximum Gasteiger partial charge on any atom is 0.368 e. The number of benzene rings is 3. The lowest BCUT2D eigenvalue weighted by atomic mass is 10.0. The van der Waals surface area contributed by atoms with Gasteiger partial charge in [-0.1, -0.05) is 70.8 Å². The van der Waals surface area contributed by atoms with Crippen LogP contribution in [-0.2, 0) is 16.2 Å². The van der Waals surface area contributed by atoms with Crippen LogP contribution in [-0.4, -0.2) is 11.7 Å². The summed E-state index contributed by atoms with van der Waals surface area (Å²) in [5, 5.41) is 5.12. The van der Waals surface area contributed by atoms with E-state index in [0.717, 1.165) is 11.1 Å². The fourth-order valence-corrected chi connectivity index (χ4v) is 3.18. The molecule has 1 heterocycles. The Balaban J connectivity index is 1.65. The van der Waals surface area contributed by atoms with Gasteiger partial charge < -0.3 is 9.57 Å². The number of nitrogens with zero attached hydrogens (tertiary/aromatic N) is 1. The molecule has 1 aliphatic rings. The van der Waals surface area contributed by atoms with Crippen molar-refractivity contribution in [3.63, 3.8) is 0 Å². The maximum absolute atomic E-state index is 12.3. The van der Waals surface area contributed by atoms with E-state index < -0.39 is 5.97 Å². The Labute approximate surface area is 178 Å². The topological polar surface area (TPSA) is 47.9 Å². The molecular formula is C23H15Cl2NO3. The standard InChI is InChI=1S/C23H15Cl2NO3/c24-18-8-6-15(7-9-18)14-28-21-11-10-19(25)12-17(21)13-20-22(26-29-23(20)27)16-4-2-1-3-5-16/h1-13H,14H2/b20-13-. The largest absolute Gasteiger partial charge is 0.488 e. The fourth-order valence-electron chi connectivity index (χ4n) is 2.87. The first-order chi connectivity index (χ1) is 14.1. The van der Waals surface area contributed by atoms with Gasteiger partial charge in [0.15, 0.2) is 0 Å². The van der Waals surface area contributed by atoms with Gasteiger partial charge in [0, 0.05) is 21.2 Å². The molecule has 0 aromatic heterocycles. The molecule has 0 saturated heterocycles. The molecule has 0 spiro atoms. The lowest BCUT2D eigenvalue weighted by Crippen LogP contribution is -2.07. The Hall–Kier alpha value is -3.08. The lowest BCUT2D eigenvalue weighted by molar-refractivity contribution is -0.136. The fraction of sp³-hybridized carbons (Fsp3) is 0.0435. The molecule has 29 heavy (non-hydrogen) atoms. The predicted octanol–water partition coefficient (Wildman–Crippen LogP) is 5.92. The minimum absolute atomic E-state index is 0.342. The third-order valence-corrected chi connectivity index (χ3v) is 4.81. The summed E-state index contributed by atoms with van der Waals surface area (Å²) >= 11 is 12.1. The molecule has 3 aromatic carbocycles. The summed E-state index contributed by atoms with van der Waals surface area (Å²) in [5.74, 6) is 0.0661. The van der Waals surface area contributed by atoms with Crippen LogP contribution in [0.15, 0.2) is 83.5 Å². The van der Waals surface area contributed by atoms with Crippen molar-refractivity contribution in [2.45, 2.75) is 6.61 Å². The monoisotopic (exact) mass is 423 g/mol. The molecule has 0 N–H and O–H groups in total. The van der Waals surface area contributed by atoms with E-state index in [2.05, 4.69) is 5.16 Å². The number of carbonyl (C=O) groups excluding carboxylic acids is 1. The van der Waals surface area contributed by atoms with Gasteiger partial charge in [0.05, 0.1) is 5.57 Å². The van der Waals surface area contributed by atoms with Gasteiger partial charge in [0.25, 0.3) is 0 Å². The van der Waals surface area contributed by atoms with Crippen molar-refractivity contribution in [3.05, 3.63) is 105 Å². The Morgan fingerprint density at radius 2 is 1.66 bits per heavy atom.